The van der Waals surface area contributed by atoms with Crippen molar-refractivity contribution in [2.75, 3.05) is 7.11 Å². The summed E-state index contributed by atoms with van der Waals surface area (Å²) in [6, 6.07) is -0.883. The quantitative estimate of drug-likeness (QED) is 0.405. The molecule has 0 aliphatic carbocycles. The van der Waals surface area contributed by atoms with E-state index in [9.17, 15) is 14.9 Å². The number of hydrogen-bond donors (Lipinski definition) is 1. The summed E-state index contributed by atoms with van der Waals surface area (Å²) in [5.74, 6) is -0.789. The highest BCUT2D eigenvalue weighted by Gasteiger charge is 2.19. The van der Waals surface area contributed by atoms with Crippen LogP contribution < -0.4 is 5.73 Å². The third kappa shape index (κ3) is 4.07. The van der Waals surface area contributed by atoms with Crippen LogP contribution >= 0.6 is 0 Å². The Bertz CT molecular complexity index is 336. The minimum absolute atomic E-state index is 0.131. The summed E-state index contributed by atoms with van der Waals surface area (Å²) in [6.45, 7) is 3.18. The van der Waals surface area contributed by atoms with Crippen molar-refractivity contribution < 1.29 is 14.6 Å². The number of amides is 1. The molecule has 0 aliphatic rings. The third-order valence-electron chi connectivity index (χ3n) is 2.03. The average molecular weight is 229 g/mol. The van der Waals surface area contributed by atoms with Crippen molar-refractivity contribution in [1.82, 2.24) is 0 Å². The number of nitrogens with two attached hydrogens (primary N) is 1. The molecule has 1 unspecified atom stereocenters. The molecule has 1 amide bonds. The molecular weight excluding hydrogens is 214 g/mol. The zero-order valence-corrected chi connectivity index (χ0v) is 9.47. The normalized spacial score (nSPS) is 14.4. The Morgan fingerprint density at radius 3 is 2.56 bits per heavy atom. The summed E-state index contributed by atoms with van der Waals surface area (Å²) in [7, 11) is 1.26. The molecule has 0 saturated heterocycles. The molecule has 0 aromatic carbocycles. The molecule has 0 aromatic rings. The third-order valence-corrected chi connectivity index (χ3v) is 2.03. The highest BCUT2D eigenvalue weighted by atomic mass is 16.6. The number of hydrogen-bond acceptors (Lipinski definition) is 5. The maximum atomic E-state index is 10.9. The van der Waals surface area contributed by atoms with Crippen molar-refractivity contribution in [2.24, 2.45) is 10.9 Å². The minimum Gasteiger partial charge on any atom is -0.398 e. The van der Waals surface area contributed by atoms with E-state index in [4.69, 9.17) is 5.73 Å². The summed E-state index contributed by atoms with van der Waals surface area (Å²) < 4.78 is 0. The zero-order valence-electron chi connectivity index (χ0n) is 9.47. The van der Waals surface area contributed by atoms with E-state index < -0.39 is 16.9 Å². The smallest absolute Gasteiger partial charge is 0.270 e. The Balaban J connectivity index is 5.13. The van der Waals surface area contributed by atoms with E-state index in [0.717, 1.165) is 0 Å². The molecule has 0 aliphatic heterocycles. The lowest BCUT2D eigenvalue weighted by atomic mass is 10.0. The van der Waals surface area contributed by atoms with E-state index in [0.29, 0.717) is 12.0 Å². The first-order chi connectivity index (χ1) is 7.43. The fourth-order valence-corrected chi connectivity index (χ4v) is 1.07. The van der Waals surface area contributed by atoms with Crippen LogP contribution in [0.15, 0.2) is 16.8 Å². The summed E-state index contributed by atoms with van der Waals surface area (Å²) in [4.78, 5) is 25.5. The number of carbonyl (C=O) groups excluding carboxylic acids is 1. The van der Waals surface area contributed by atoms with Gasteiger partial charge in [0, 0.05) is 17.4 Å². The van der Waals surface area contributed by atoms with Gasteiger partial charge in [-0.1, -0.05) is 12.1 Å². The molecular formula is C9H15N3O4. The second-order valence-corrected chi connectivity index (χ2v) is 3.06. The van der Waals surface area contributed by atoms with Gasteiger partial charge in [0.2, 0.25) is 6.04 Å². The van der Waals surface area contributed by atoms with Gasteiger partial charge in [0.25, 0.3) is 5.91 Å². The van der Waals surface area contributed by atoms with Crippen LogP contribution in [0.1, 0.15) is 20.3 Å². The van der Waals surface area contributed by atoms with E-state index in [1.54, 1.807) is 6.92 Å². The maximum Gasteiger partial charge on any atom is 0.270 e. The molecule has 0 saturated carbocycles. The molecule has 0 bridgehead atoms. The number of carbonyl (C=O) groups is 1. The van der Waals surface area contributed by atoms with Gasteiger partial charge in [0.05, 0.1) is 0 Å². The first kappa shape index (κ1) is 14.1. The van der Waals surface area contributed by atoms with Gasteiger partial charge in [-0.05, 0) is 12.5 Å². The Morgan fingerprint density at radius 1 is 1.69 bits per heavy atom. The van der Waals surface area contributed by atoms with Crippen molar-refractivity contribution >= 4 is 11.6 Å². The van der Waals surface area contributed by atoms with Crippen LogP contribution in [0.4, 0.5) is 0 Å². The van der Waals surface area contributed by atoms with Crippen LogP contribution in [0.5, 0.6) is 0 Å². The summed E-state index contributed by atoms with van der Waals surface area (Å²) in [5.41, 5.74) is 5.36. The lowest BCUT2D eigenvalue weighted by Gasteiger charge is -2.06. The van der Waals surface area contributed by atoms with E-state index >= 15 is 0 Å². The highest BCUT2D eigenvalue weighted by molar-refractivity contribution is 6.42. The average Bonchev–Trinajstić information content (AvgIpc) is 2.22. The Morgan fingerprint density at radius 2 is 2.25 bits per heavy atom. The van der Waals surface area contributed by atoms with Crippen LogP contribution in [-0.4, -0.2) is 29.7 Å². The van der Waals surface area contributed by atoms with Crippen molar-refractivity contribution in [3.05, 3.63) is 21.8 Å². The van der Waals surface area contributed by atoms with Crippen molar-refractivity contribution in [3.8, 4) is 0 Å². The number of nitro groups is 1. The molecule has 0 spiro atoms. The van der Waals surface area contributed by atoms with E-state index in [1.165, 1.54) is 20.1 Å². The molecule has 0 radical (unpaired) electrons. The fourth-order valence-electron chi connectivity index (χ4n) is 1.07. The summed E-state index contributed by atoms with van der Waals surface area (Å²) in [5, 5.41) is 14.0. The predicted octanol–water partition coefficient (Wildman–Crippen LogP) is 0.476. The predicted molar refractivity (Wildman–Crippen MR) is 58.5 cm³/mol. The number of primary amides is 1. The van der Waals surface area contributed by atoms with Gasteiger partial charge in [-0.3, -0.25) is 14.9 Å². The SMILES string of the molecule is CC/C(=C\C(=NOC)C(N)=O)C(C)[N+](=O)[O-]. The molecule has 0 aromatic heterocycles. The van der Waals surface area contributed by atoms with Gasteiger partial charge in [0.1, 0.15) is 7.11 Å². The minimum atomic E-state index is -0.883. The standard InChI is InChI=1S/C9H15N3O4/c1-4-7(6(2)12(14)15)5-8(9(10)13)11-16-3/h5-6H,4H2,1-3H3,(H2,10,13)/b7-5+,11-8?. The lowest BCUT2D eigenvalue weighted by Crippen LogP contribution is -2.24. The fraction of sp³-hybridized carbons (Fsp3) is 0.556. The number of nitrogens with zero attached hydrogens (tertiary/aromatic N) is 2. The van der Waals surface area contributed by atoms with Gasteiger partial charge in [-0.25, -0.2) is 0 Å². The molecule has 1 atom stereocenters. The first-order valence-electron chi connectivity index (χ1n) is 4.68. The molecule has 7 nitrogen and oxygen atoms in total. The summed E-state index contributed by atoms with van der Waals surface area (Å²) in [6.07, 6.45) is 1.72. The second-order valence-electron chi connectivity index (χ2n) is 3.06. The highest BCUT2D eigenvalue weighted by Crippen LogP contribution is 2.10. The number of oxime groups is 1. The monoisotopic (exact) mass is 229 g/mol. The van der Waals surface area contributed by atoms with Crippen LogP contribution in [-0.2, 0) is 9.63 Å². The first-order valence-corrected chi connectivity index (χ1v) is 4.68. The van der Waals surface area contributed by atoms with Gasteiger partial charge < -0.3 is 10.6 Å². The Hall–Kier alpha value is -1.92. The summed E-state index contributed by atoms with van der Waals surface area (Å²) >= 11 is 0. The topological polar surface area (TPSA) is 108 Å². The van der Waals surface area contributed by atoms with Gasteiger partial charge >= 0.3 is 0 Å². The van der Waals surface area contributed by atoms with E-state index in [-0.39, 0.29) is 5.71 Å². The molecule has 0 rings (SSSR count). The van der Waals surface area contributed by atoms with Crippen molar-refractivity contribution in [1.29, 1.82) is 0 Å². The van der Waals surface area contributed by atoms with Crippen LogP contribution in [0.25, 0.3) is 0 Å². The Labute approximate surface area is 93.1 Å². The van der Waals surface area contributed by atoms with Gasteiger partial charge in [-0.15, -0.1) is 0 Å². The van der Waals surface area contributed by atoms with Crippen LogP contribution in [0, 0.1) is 10.1 Å². The molecule has 7 heteroatoms. The lowest BCUT2D eigenvalue weighted by molar-refractivity contribution is -0.507. The zero-order chi connectivity index (χ0) is 12.7. The van der Waals surface area contributed by atoms with Crippen LogP contribution in [0.3, 0.4) is 0 Å². The maximum absolute atomic E-state index is 10.9. The second kappa shape index (κ2) is 6.54. The molecule has 2 N–H and O–H groups in total. The van der Waals surface area contributed by atoms with Gasteiger partial charge in [-0.2, -0.15) is 0 Å². The number of rotatable bonds is 6. The van der Waals surface area contributed by atoms with Crippen molar-refractivity contribution in [2.45, 2.75) is 26.3 Å². The molecule has 16 heavy (non-hydrogen) atoms. The largest absolute Gasteiger partial charge is 0.398 e. The molecule has 90 valence electrons. The van der Waals surface area contributed by atoms with E-state index in [2.05, 4.69) is 9.99 Å². The van der Waals surface area contributed by atoms with Gasteiger partial charge in [0.15, 0.2) is 5.71 Å². The Kier molecular flexibility index (Phi) is 5.76. The molecule has 0 fully saturated rings. The van der Waals surface area contributed by atoms with Crippen LogP contribution in [0.2, 0.25) is 0 Å². The van der Waals surface area contributed by atoms with E-state index in [1.807, 2.05) is 0 Å². The van der Waals surface area contributed by atoms with Crippen molar-refractivity contribution in [3.63, 3.8) is 0 Å². The molecule has 0 heterocycles.